The van der Waals surface area contributed by atoms with Crippen molar-refractivity contribution < 1.29 is 9.53 Å². The summed E-state index contributed by atoms with van der Waals surface area (Å²) in [4.78, 5) is 16.5. The average Bonchev–Trinajstić information content (AvgIpc) is 2.78. The van der Waals surface area contributed by atoms with Crippen molar-refractivity contribution in [2.75, 3.05) is 5.73 Å². The van der Waals surface area contributed by atoms with Gasteiger partial charge in [-0.2, -0.15) is 0 Å². The molecule has 17 heavy (non-hydrogen) atoms. The van der Waals surface area contributed by atoms with E-state index in [9.17, 15) is 4.79 Å². The molecule has 0 saturated heterocycles. The number of ether oxygens (including phenoxy) is 1. The van der Waals surface area contributed by atoms with Gasteiger partial charge in [-0.3, -0.25) is 4.98 Å². The second-order valence-corrected chi connectivity index (χ2v) is 4.66. The van der Waals surface area contributed by atoms with Crippen LogP contribution in [0.4, 0.5) is 5.69 Å². The molecule has 2 N–H and O–H groups in total. The number of nitrogens with zero attached hydrogens (tertiary/aromatic N) is 1. The minimum atomic E-state index is -0.469. The van der Waals surface area contributed by atoms with Gasteiger partial charge in [-0.1, -0.05) is 11.6 Å². The van der Waals surface area contributed by atoms with Crippen LogP contribution < -0.4 is 5.73 Å². The van der Waals surface area contributed by atoms with Crippen LogP contribution in [-0.4, -0.2) is 11.0 Å². The van der Waals surface area contributed by atoms with Crippen molar-refractivity contribution in [2.45, 2.75) is 6.61 Å². The Morgan fingerprint density at radius 3 is 3.00 bits per heavy atom. The molecule has 0 spiro atoms. The van der Waals surface area contributed by atoms with E-state index in [1.165, 1.54) is 17.4 Å². The summed E-state index contributed by atoms with van der Waals surface area (Å²) < 4.78 is 5.10. The molecule has 2 aromatic rings. The second kappa shape index (κ2) is 5.16. The van der Waals surface area contributed by atoms with Crippen molar-refractivity contribution in [3.05, 3.63) is 45.4 Å². The number of hydrogen-bond donors (Lipinski definition) is 1. The number of halogens is 1. The zero-order valence-electron chi connectivity index (χ0n) is 8.72. The van der Waals surface area contributed by atoms with E-state index in [4.69, 9.17) is 22.1 Å². The number of carbonyl (C=O) groups excluding carboxylic acids is 1. The predicted octanol–water partition coefficient (Wildman–Crippen LogP) is 2.74. The molecule has 4 nitrogen and oxygen atoms in total. The van der Waals surface area contributed by atoms with Gasteiger partial charge >= 0.3 is 5.97 Å². The van der Waals surface area contributed by atoms with Gasteiger partial charge in [-0.15, -0.1) is 11.3 Å². The van der Waals surface area contributed by atoms with Gasteiger partial charge in [-0.25, -0.2) is 4.79 Å². The maximum absolute atomic E-state index is 11.7. The van der Waals surface area contributed by atoms with Crippen LogP contribution in [0.5, 0.6) is 0 Å². The molecule has 0 amide bonds. The van der Waals surface area contributed by atoms with Crippen LogP contribution in [0, 0.1) is 0 Å². The standard InChI is InChI=1S/C11H9ClN2O2S/c12-10-3-7(13)1-2-9(10)11(15)16-5-8-4-14-6-17-8/h1-4,6H,5,13H2. The number of aromatic nitrogens is 1. The number of nitrogens with two attached hydrogens (primary N) is 1. The highest BCUT2D eigenvalue weighted by atomic mass is 35.5. The summed E-state index contributed by atoms with van der Waals surface area (Å²) in [7, 11) is 0. The SMILES string of the molecule is Nc1ccc(C(=O)OCc2cncs2)c(Cl)c1. The largest absolute Gasteiger partial charge is 0.456 e. The highest BCUT2D eigenvalue weighted by Crippen LogP contribution is 2.20. The first-order valence-corrected chi connectivity index (χ1v) is 6.02. The Balaban J connectivity index is 2.04. The lowest BCUT2D eigenvalue weighted by molar-refractivity contribution is 0.0477. The molecule has 0 aliphatic carbocycles. The molecule has 1 aromatic carbocycles. The molecule has 0 atom stereocenters. The molecule has 0 unspecified atom stereocenters. The van der Waals surface area contributed by atoms with Crippen molar-refractivity contribution in [3.8, 4) is 0 Å². The summed E-state index contributed by atoms with van der Waals surface area (Å²) >= 11 is 7.32. The first-order valence-electron chi connectivity index (χ1n) is 4.76. The van der Waals surface area contributed by atoms with E-state index >= 15 is 0 Å². The molecule has 0 fully saturated rings. The highest BCUT2D eigenvalue weighted by Gasteiger charge is 2.12. The van der Waals surface area contributed by atoms with Gasteiger partial charge < -0.3 is 10.5 Å². The molecule has 88 valence electrons. The molecule has 0 saturated carbocycles. The number of hydrogen-bond acceptors (Lipinski definition) is 5. The molecular formula is C11H9ClN2O2S. The molecule has 6 heteroatoms. The summed E-state index contributed by atoms with van der Waals surface area (Å²) in [6.45, 7) is 0.199. The molecule has 0 radical (unpaired) electrons. The van der Waals surface area contributed by atoms with E-state index in [-0.39, 0.29) is 6.61 Å². The van der Waals surface area contributed by atoms with Crippen molar-refractivity contribution in [2.24, 2.45) is 0 Å². The van der Waals surface area contributed by atoms with Crippen molar-refractivity contribution in [1.29, 1.82) is 0 Å². The van der Waals surface area contributed by atoms with E-state index in [2.05, 4.69) is 4.98 Å². The Hall–Kier alpha value is -1.59. The average molecular weight is 269 g/mol. The minimum absolute atomic E-state index is 0.199. The van der Waals surface area contributed by atoms with Crippen LogP contribution in [0.15, 0.2) is 29.9 Å². The van der Waals surface area contributed by atoms with Gasteiger partial charge in [-0.05, 0) is 18.2 Å². The molecule has 0 bridgehead atoms. The summed E-state index contributed by atoms with van der Waals surface area (Å²) in [6, 6.07) is 4.67. The van der Waals surface area contributed by atoms with Crippen LogP contribution in [0.25, 0.3) is 0 Å². The Morgan fingerprint density at radius 1 is 1.53 bits per heavy atom. The van der Waals surface area contributed by atoms with Gasteiger partial charge in [0.15, 0.2) is 0 Å². The third-order valence-corrected chi connectivity index (χ3v) is 3.11. The minimum Gasteiger partial charge on any atom is -0.456 e. The van der Waals surface area contributed by atoms with E-state index in [1.54, 1.807) is 23.8 Å². The van der Waals surface area contributed by atoms with Crippen LogP contribution in [-0.2, 0) is 11.3 Å². The third-order valence-electron chi connectivity index (χ3n) is 2.04. The quantitative estimate of drug-likeness (QED) is 0.687. The Morgan fingerprint density at radius 2 is 2.35 bits per heavy atom. The number of nitrogen functional groups attached to an aromatic ring is 1. The van der Waals surface area contributed by atoms with Crippen LogP contribution in [0.2, 0.25) is 5.02 Å². The van der Waals surface area contributed by atoms with E-state index in [0.29, 0.717) is 16.3 Å². The number of anilines is 1. The fourth-order valence-electron chi connectivity index (χ4n) is 1.22. The lowest BCUT2D eigenvalue weighted by atomic mass is 10.2. The zero-order valence-corrected chi connectivity index (χ0v) is 10.3. The number of benzene rings is 1. The van der Waals surface area contributed by atoms with Crippen LogP contribution >= 0.6 is 22.9 Å². The summed E-state index contributed by atoms with van der Waals surface area (Å²) in [5.41, 5.74) is 8.03. The molecule has 1 aromatic heterocycles. The smallest absolute Gasteiger partial charge is 0.340 e. The third kappa shape index (κ3) is 2.95. The number of carbonyl (C=O) groups is 1. The fourth-order valence-corrected chi connectivity index (χ4v) is 2.00. The van der Waals surface area contributed by atoms with Gasteiger partial charge in [0.2, 0.25) is 0 Å². The maximum Gasteiger partial charge on any atom is 0.340 e. The predicted molar refractivity (Wildman–Crippen MR) is 67.1 cm³/mol. The lowest BCUT2D eigenvalue weighted by Gasteiger charge is -2.05. The van der Waals surface area contributed by atoms with Crippen LogP contribution in [0.3, 0.4) is 0 Å². The monoisotopic (exact) mass is 268 g/mol. The molecule has 2 rings (SSSR count). The molecule has 0 aliphatic rings. The van der Waals surface area contributed by atoms with E-state index in [1.807, 2.05) is 0 Å². The van der Waals surface area contributed by atoms with E-state index < -0.39 is 5.97 Å². The number of rotatable bonds is 3. The summed E-state index contributed by atoms with van der Waals surface area (Å²) in [5, 5.41) is 0.291. The van der Waals surface area contributed by atoms with Gasteiger partial charge in [0.25, 0.3) is 0 Å². The fraction of sp³-hybridized carbons (Fsp3) is 0.0909. The summed E-state index contributed by atoms with van der Waals surface area (Å²) in [6.07, 6.45) is 1.66. The zero-order chi connectivity index (χ0) is 12.3. The Kier molecular flexibility index (Phi) is 3.61. The normalized spacial score (nSPS) is 10.2. The number of thiazole rings is 1. The maximum atomic E-state index is 11.7. The summed E-state index contributed by atoms with van der Waals surface area (Å²) in [5.74, 6) is -0.469. The molecule has 0 aliphatic heterocycles. The van der Waals surface area contributed by atoms with Crippen LogP contribution in [0.1, 0.15) is 15.2 Å². The van der Waals surface area contributed by atoms with E-state index in [0.717, 1.165) is 4.88 Å². The van der Waals surface area contributed by atoms with Crippen molar-refractivity contribution in [1.82, 2.24) is 4.98 Å². The highest BCUT2D eigenvalue weighted by molar-refractivity contribution is 7.09. The van der Waals surface area contributed by atoms with Gasteiger partial charge in [0.05, 0.1) is 21.0 Å². The first kappa shape index (κ1) is 11.9. The first-order chi connectivity index (χ1) is 8.16. The Bertz CT molecular complexity index is 528. The topological polar surface area (TPSA) is 65.2 Å². The molecular weight excluding hydrogens is 260 g/mol. The van der Waals surface area contributed by atoms with Gasteiger partial charge in [0, 0.05) is 11.9 Å². The lowest BCUT2D eigenvalue weighted by Crippen LogP contribution is -2.05. The Labute approximate surface area is 107 Å². The van der Waals surface area contributed by atoms with Gasteiger partial charge in [0.1, 0.15) is 6.61 Å². The molecule has 1 heterocycles. The van der Waals surface area contributed by atoms with Crippen molar-refractivity contribution >= 4 is 34.6 Å². The van der Waals surface area contributed by atoms with Crippen molar-refractivity contribution in [3.63, 3.8) is 0 Å². The second-order valence-electron chi connectivity index (χ2n) is 3.28. The number of esters is 1.